The SMILES string of the molecule is Cc1cc(C(=O)Nc2cccc(C(O)(CCC3CC3)c3ccccn3)c2)n(-c2cccc(CN)c2)n1.NCCNCCN.[C-]#[N+]c1cccc(-n2nc(C)cc2C(=O)Nc2cccc(C(O)(CCC3CC3)c3ccccn3)c2)c1. The van der Waals surface area contributed by atoms with E-state index < -0.39 is 11.2 Å². The fourth-order valence-electron chi connectivity index (χ4n) is 9.35. The van der Waals surface area contributed by atoms with Gasteiger partial charge >= 0.3 is 0 Å². The molecule has 4 heterocycles. The van der Waals surface area contributed by atoms with E-state index in [1.165, 1.54) is 25.7 Å². The molecule has 0 saturated heterocycles. The zero-order valence-corrected chi connectivity index (χ0v) is 44.9. The molecular formula is C62H71N13O4. The van der Waals surface area contributed by atoms with Gasteiger partial charge in [-0.25, -0.2) is 14.2 Å². The average molecular weight is 1060 g/mol. The van der Waals surface area contributed by atoms with Crippen LogP contribution in [0.15, 0.2) is 158 Å². The van der Waals surface area contributed by atoms with Crippen LogP contribution in [0, 0.1) is 32.3 Å². The number of carbonyl (C=O) groups is 2. The van der Waals surface area contributed by atoms with Gasteiger partial charge in [0.1, 0.15) is 22.6 Å². The highest BCUT2D eigenvalue weighted by atomic mass is 16.3. The number of amides is 2. The van der Waals surface area contributed by atoms with Gasteiger partial charge in [-0.1, -0.05) is 86.3 Å². The number of nitrogens with one attached hydrogen (secondary N) is 3. The minimum absolute atomic E-state index is 0.287. The molecule has 2 saturated carbocycles. The summed E-state index contributed by atoms with van der Waals surface area (Å²) >= 11 is 0. The first-order valence-corrected chi connectivity index (χ1v) is 27.0. The molecular weight excluding hydrogens is 991 g/mol. The molecule has 11 N–H and O–H groups in total. The molecule has 2 amide bonds. The Morgan fingerprint density at radius 1 is 0.608 bits per heavy atom. The van der Waals surface area contributed by atoms with Crippen LogP contribution in [-0.4, -0.2) is 77.7 Å². The Balaban J connectivity index is 0.000000186. The van der Waals surface area contributed by atoms with E-state index in [1.807, 2.05) is 123 Å². The Kier molecular flexibility index (Phi) is 19.4. The van der Waals surface area contributed by atoms with Crippen LogP contribution < -0.4 is 33.2 Å². The maximum Gasteiger partial charge on any atom is 0.274 e. The maximum absolute atomic E-state index is 13.4. The first kappa shape index (κ1) is 57.0. The zero-order chi connectivity index (χ0) is 55.8. The zero-order valence-electron chi connectivity index (χ0n) is 44.9. The lowest BCUT2D eigenvalue weighted by Crippen LogP contribution is -2.29. The van der Waals surface area contributed by atoms with E-state index in [0.29, 0.717) is 107 Å². The minimum Gasteiger partial charge on any atom is -0.379 e. The lowest BCUT2D eigenvalue weighted by atomic mass is 9.84. The topological polar surface area (TPSA) is 255 Å². The molecule has 2 aliphatic carbocycles. The van der Waals surface area contributed by atoms with Crippen LogP contribution in [0.25, 0.3) is 16.2 Å². The summed E-state index contributed by atoms with van der Waals surface area (Å²) in [5.41, 5.74) is 22.5. The normalized spacial score (nSPS) is 14.3. The summed E-state index contributed by atoms with van der Waals surface area (Å²) in [5, 5.41) is 41.7. The van der Waals surface area contributed by atoms with Crippen LogP contribution in [-0.2, 0) is 17.7 Å². The van der Waals surface area contributed by atoms with E-state index in [1.54, 1.807) is 58.2 Å². The van der Waals surface area contributed by atoms with Crippen molar-refractivity contribution in [1.29, 1.82) is 0 Å². The summed E-state index contributed by atoms with van der Waals surface area (Å²) in [7, 11) is 0. The number of nitrogens with two attached hydrogens (primary N) is 3. The third kappa shape index (κ3) is 15.1. The number of nitrogens with zero attached hydrogens (tertiary/aromatic N) is 7. The largest absolute Gasteiger partial charge is 0.379 e. The number of aryl methyl sites for hydroxylation is 2. The Morgan fingerprint density at radius 2 is 1.08 bits per heavy atom. The number of aliphatic hydroxyl groups is 2. The van der Waals surface area contributed by atoms with Crippen molar-refractivity contribution in [2.45, 2.75) is 83.0 Å². The van der Waals surface area contributed by atoms with Gasteiger partial charge in [0.05, 0.1) is 40.7 Å². The van der Waals surface area contributed by atoms with Crippen molar-refractivity contribution >= 4 is 28.9 Å². The van der Waals surface area contributed by atoms with Crippen molar-refractivity contribution in [2.75, 3.05) is 36.8 Å². The molecule has 2 fully saturated rings. The number of anilines is 2. The fraction of sp³-hybridized carbons (Fsp3) is 0.306. The van der Waals surface area contributed by atoms with Crippen LogP contribution in [0.5, 0.6) is 0 Å². The Hall–Kier alpha value is -8.21. The molecule has 0 aliphatic heterocycles. The van der Waals surface area contributed by atoms with Gasteiger partial charge in [-0.3, -0.25) is 19.6 Å². The lowest BCUT2D eigenvalue weighted by molar-refractivity contribution is 0.0622. The summed E-state index contributed by atoms with van der Waals surface area (Å²) < 4.78 is 3.18. The number of aromatic nitrogens is 6. The second-order valence-corrected chi connectivity index (χ2v) is 20.2. The number of benzene rings is 4. The molecule has 0 bridgehead atoms. The second-order valence-electron chi connectivity index (χ2n) is 20.2. The van der Waals surface area contributed by atoms with E-state index in [2.05, 4.69) is 41.0 Å². The quantitative estimate of drug-likeness (QED) is 0.0248. The van der Waals surface area contributed by atoms with Gasteiger partial charge in [-0.05, 0) is 153 Å². The number of hydrogen-bond acceptors (Lipinski definition) is 12. The van der Waals surface area contributed by atoms with E-state index >= 15 is 0 Å². The van der Waals surface area contributed by atoms with Crippen molar-refractivity contribution in [2.24, 2.45) is 29.0 Å². The highest BCUT2D eigenvalue weighted by molar-refractivity contribution is 6.04. The molecule has 0 radical (unpaired) electrons. The molecule has 4 aromatic heterocycles. The van der Waals surface area contributed by atoms with Gasteiger partial charge in [-0.2, -0.15) is 10.2 Å². The van der Waals surface area contributed by atoms with Crippen molar-refractivity contribution in [3.05, 3.63) is 220 Å². The monoisotopic (exact) mass is 1060 g/mol. The number of rotatable bonds is 21. The van der Waals surface area contributed by atoms with Gasteiger partial charge in [0.25, 0.3) is 11.8 Å². The van der Waals surface area contributed by atoms with Gasteiger partial charge in [0.2, 0.25) is 0 Å². The summed E-state index contributed by atoms with van der Waals surface area (Å²) in [6.45, 7) is 14.5. The Bertz CT molecular complexity index is 3330. The third-order valence-corrected chi connectivity index (χ3v) is 14.0. The van der Waals surface area contributed by atoms with E-state index in [4.69, 9.17) is 23.8 Å². The van der Waals surface area contributed by atoms with E-state index in [0.717, 1.165) is 42.9 Å². The molecule has 4 aromatic carbocycles. The van der Waals surface area contributed by atoms with Crippen molar-refractivity contribution in [3.8, 4) is 11.4 Å². The average Bonchev–Trinajstić information content (AvgIpc) is 4.48. The first-order valence-electron chi connectivity index (χ1n) is 27.0. The number of carbonyl (C=O) groups excluding carboxylic acids is 2. The molecule has 2 atom stereocenters. The van der Waals surface area contributed by atoms with Crippen molar-refractivity contribution < 1.29 is 19.8 Å². The predicted octanol–water partition coefficient (Wildman–Crippen LogP) is 9.01. The highest BCUT2D eigenvalue weighted by Crippen LogP contribution is 2.42. The van der Waals surface area contributed by atoms with Crippen LogP contribution >= 0.6 is 0 Å². The van der Waals surface area contributed by atoms with Crippen LogP contribution in [0.3, 0.4) is 0 Å². The molecule has 408 valence electrons. The van der Waals surface area contributed by atoms with Crippen molar-refractivity contribution in [3.63, 3.8) is 0 Å². The van der Waals surface area contributed by atoms with E-state index in [-0.39, 0.29) is 11.8 Å². The fourth-order valence-corrected chi connectivity index (χ4v) is 9.35. The Labute approximate surface area is 462 Å². The van der Waals surface area contributed by atoms with Crippen molar-refractivity contribution in [1.82, 2.24) is 34.8 Å². The number of pyridine rings is 2. The third-order valence-electron chi connectivity index (χ3n) is 14.0. The standard InChI is InChI=1S/C29H27N5O2.C29H31N5O2.C4H13N3/c1-20-17-26(34(33-20)25-10-6-8-23(19-25)30-2)28(35)32-24-9-5-7-22(18-24)29(36,15-14-21-12-13-21)27-11-3-4-16-31-27;1-20-16-26(34(33-20)25-9-4-6-22(17-25)19-30)28(35)32-24-8-5-7-23(18-24)29(36,14-13-21-11-12-21)27-10-2-3-15-31-27;5-1-3-7-4-2-6/h3-11,16-19,21,36H,12-15H2,1H3,(H,32,35);2-10,15-18,21,36H,11-14,19,30H2,1H3,(H,32,35);7H,1-6H2. The molecule has 79 heavy (non-hydrogen) atoms. The van der Waals surface area contributed by atoms with Crippen LogP contribution in [0.1, 0.15) is 112 Å². The second kappa shape index (κ2) is 26.9. The van der Waals surface area contributed by atoms with Crippen LogP contribution in [0.2, 0.25) is 0 Å². The minimum atomic E-state index is -1.25. The predicted molar refractivity (Wildman–Crippen MR) is 309 cm³/mol. The molecule has 2 unspecified atom stereocenters. The van der Waals surface area contributed by atoms with E-state index in [9.17, 15) is 19.8 Å². The lowest BCUT2D eigenvalue weighted by Gasteiger charge is -2.29. The van der Waals surface area contributed by atoms with Crippen LogP contribution in [0.4, 0.5) is 17.1 Å². The first-order chi connectivity index (χ1) is 38.3. The summed E-state index contributed by atoms with van der Waals surface area (Å²) in [5.74, 6) is 0.711. The molecule has 17 heteroatoms. The van der Waals surface area contributed by atoms with Gasteiger partial charge < -0.3 is 43.4 Å². The van der Waals surface area contributed by atoms with Gasteiger partial charge in [0.15, 0.2) is 5.69 Å². The highest BCUT2D eigenvalue weighted by Gasteiger charge is 2.37. The molecule has 17 nitrogen and oxygen atoms in total. The maximum atomic E-state index is 13.4. The summed E-state index contributed by atoms with van der Waals surface area (Å²) in [4.78, 5) is 39.1. The summed E-state index contributed by atoms with van der Waals surface area (Å²) in [6.07, 6.45) is 11.2. The smallest absolute Gasteiger partial charge is 0.274 e. The van der Waals surface area contributed by atoms with Gasteiger partial charge in [0, 0.05) is 56.5 Å². The number of hydrogen-bond donors (Lipinski definition) is 8. The molecule has 8 aromatic rings. The molecule has 10 rings (SSSR count). The van der Waals surface area contributed by atoms with Gasteiger partial charge in [-0.15, -0.1) is 0 Å². The summed E-state index contributed by atoms with van der Waals surface area (Å²) in [6, 6.07) is 44.0. The Morgan fingerprint density at radius 3 is 1.51 bits per heavy atom. The molecule has 0 spiro atoms. The molecule has 2 aliphatic rings.